The van der Waals surface area contributed by atoms with Crippen molar-refractivity contribution >= 4 is 28.5 Å². The number of nitrogens with zero attached hydrogens (tertiary/aromatic N) is 5. The second-order valence-corrected chi connectivity index (χ2v) is 9.74. The van der Waals surface area contributed by atoms with Gasteiger partial charge in [-0.1, -0.05) is 11.6 Å². The van der Waals surface area contributed by atoms with Gasteiger partial charge in [0.15, 0.2) is 5.82 Å². The second kappa shape index (κ2) is 9.54. The Labute approximate surface area is 200 Å². The number of hydrogen-bond acceptors (Lipinski definition) is 5. The number of benzene rings is 1. The fraction of sp³-hybridized carbons (Fsp3) is 0.462. The van der Waals surface area contributed by atoms with Crippen LogP contribution in [0.25, 0.3) is 16.7 Å². The highest BCUT2D eigenvalue weighted by molar-refractivity contribution is 5.97. The first-order chi connectivity index (χ1) is 16.1. The first-order valence-corrected chi connectivity index (χ1v) is 11.8. The molecule has 1 aliphatic heterocycles. The van der Waals surface area contributed by atoms with E-state index in [1.54, 1.807) is 9.58 Å². The van der Waals surface area contributed by atoms with Gasteiger partial charge in [-0.3, -0.25) is 9.59 Å². The van der Waals surface area contributed by atoms with E-state index in [1.165, 1.54) is 5.56 Å². The second-order valence-electron chi connectivity index (χ2n) is 9.74. The molecule has 3 aromatic rings. The molecule has 8 nitrogen and oxygen atoms in total. The molecule has 4 rings (SSSR count). The van der Waals surface area contributed by atoms with Gasteiger partial charge in [-0.15, -0.1) is 0 Å². The molecule has 180 valence electrons. The van der Waals surface area contributed by atoms with Gasteiger partial charge in [0, 0.05) is 31.0 Å². The molecule has 1 aliphatic rings. The number of aryl methyl sites for hydroxylation is 4. The number of amides is 2. The molecule has 8 heteroatoms. The number of fused-ring (bicyclic) bond motifs is 1. The van der Waals surface area contributed by atoms with Crippen LogP contribution in [0, 0.1) is 33.6 Å². The Hall–Kier alpha value is -3.26. The summed E-state index contributed by atoms with van der Waals surface area (Å²) in [5, 5.41) is 8.73. The quantitative estimate of drug-likeness (QED) is 0.582. The van der Waals surface area contributed by atoms with Gasteiger partial charge in [-0.2, -0.15) is 9.78 Å². The third-order valence-corrected chi connectivity index (χ3v) is 6.36. The van der Waals surface area contributed by atoms with Crippen LogP contribution in [-0.4, -0.2) is 70.1 Å². The van der Waals surface area contributed by atoms with Crippen molar-refractivity contribution in [1.29, 1.82) is 0 Å². The number of aromatic nitrogens is 3. The molecule has 1 saturated heterocycles. The number of anilines is 1. The first kappa shape index (κ1) is 23.9. The average Bonchev–Trinajstić information content (AvgIpc) is 3.30. The predicted molar refractivity (Wildman–Crippen MR) is 134 cm³/mol. The van der Waals surface area contributed by atoms with Gasteiger partial charge >= 0.3 is 0 Å². The van der Waals surface area contributed by atoms with Gasteiger partial charge in [0.2, 0.25) is 11.8 Å². The summed E-state index contributed by atoms with van der Waals surface area (Å²) < 4.78 is 1.69. The van der Waals surface area contributed by atoms with E-state index in [1.807, 2.05) is 33.2 Å². The number of carbonyl (C=O) groups excluding carboxylic acids is 2. The Balaban J connectivity index is 1.55. The molecule has 1 unspecified atom stereocenters. The van der Waals surface area contributed by atoms with E-state index in [4.69, 9.17) is 4.98 Å². The van der Waals surface area contributed by atoms with E-state index in [0.717, 1.165) is 40.7 Å². The topological polar surface area (TPSA) is 83.4 Å². The summed E-state index contributed by atoms with van der Waals surface area (Å²) in [5.41, 5.74) is 5.12. The fourth-order valence-corrected chi connectivity index (χ4v) is 4.67. The molecule has 0 bridgehead atoms. The Morgan fingerprint density at radius 2 is 1.88 bits per heavy atom. The highest BCUT2D eigenvalue weighted by Gasteiger charge is 2.34. The maximum atomic E-state index is 13.1. The van der Waals surface area contributed by atoms with Crippen LogP contribution in [0.5, 0.6) is 0 Å². The van der Waals surface area contributed by atoms with Crippen molar-refractivity contribution in [2.75, 3.05) is 39.0 Å². The molecule has 34 heavy (non-hydrogen) atoms. The monoisotopic (exact) mass is 462 g/mol. The zero-order valence-corrected chi connectivity index (χ0v) is 21.0. The molecule has 0 radical (unpaired) electrons. The predicted octanol–water partition coefficient (Wildman–Crippen LogP) is 3.39. The molecule has 1 N–H and O–H groups in total. The van der Waals surface area contributed by atoms with Gasteiger partial charge in [0.1, 0.15) is 5.82 Å². The van der Waals surface area contributed by atoms with Crippen LogP contribution in [0.2, 0.25) is 0 Å². The molecule has 2 aromatic heterocycles. The summed E-state index contributed by atoms with van der Waals surface area (Å²) in [6.45, 7) is 10.1. The van der Waals surface area contributed by atoms with Crippen molar-refractivity contribution in [1.82, 2.24) is 24.6 Å². The van der Waals surface area contributed by atoms with Crippen molar-refractivity contribution in [2.24, 2.45) is 5.92 Å². The number of pyridine rings is 1. The van der Waals surface area contributed by atoms with Gasteiger partial charge in [-0.05, 0) is 78.0 Å². The molecule has 0 spiro atoms. The van der Waals surface area contributed by atoms with Crippen LogP contribution in [0.4, 0.5) is 5.82 Å². The maximum absolute atomic E-state index is 13.1. The summed E-state index contributed by atoms with van der Waals surface area (Å²) in [4.78, 5) is 34.3. The van der Waals surface area contributed by atoms with E-state index < -0.39 is 0 Å². The van der Waals surface area contributed by atoms with E-state index in [-0.39, 0.29) is 24.2 Å². The minimum absolute atomic E-state index is 0.0428. The molecule has 1 aromatic carbocycles. The lowest BCUT2D eigenvalue weighted by Crippen LogP contribution is -2.30. The van der Waals surface area contributed by atoms with E-state index in [0.29, 0.717) is 24.7 Å². The fourth-order valence-electron chi connectivity index (χ4n) is 4.67. The average molecular weight is 463 g/mol. The van der Waals surface area contributed by atoms with Crippen molar-refractivity contribution < 1.29 is 9.59 Å². The summed E-state index contributed by atoms with van der Waals surface area (Å²) in [5.74, 6) is 0.743. The zero-order chi connectivity index (χ0) is 24.6. The Kier molecular flexibility index (Phi) is 6.70. The Bertz CT molecular complexity index is 1250. The van der Waals surface area contributed by atoms with Gasteiger partial charge in [-0.25, -0.2) is 4.98 Å². The number of hydrogen-bond donors (Lipinski definition) is 1. The Morgan fingerprint density at radius 1 is 1.12 bits per heavy atom. The zero-order valence-electron chi connectivity index (χ0n) is 21.0. The largest absolute Gasteiger partial charge is 0.342 e. The molecule has 0 saturated carbocycles. The Morgan fingerprint density at radius 3 is 2.62 bits per heavy atom. The maximum Gasteiger partial charge on any atom is 0.230 e. The number of nitrogens with one attached hydrogen (secondary N) is 1. The van der Waals surface area contributed by atoms with Crippen molar-refractivity contribution in [3.8, 4) is 5.82 Å². The van der Waals surface area contributed by atoms with Crippen LogP contribution in [0.1, 0.15) is 35.2 Å². The highest BCUT2D eigenvalue weighted by atomic mass is 16.2. The number of rotatable bonds is 7. The lowest BCUT2D eigenvalue weighted by Gasteiger charge is -2.18. The van der Waals surface area contributed by atoms with Crippen LogP contribution in [-0.2, 0) is 9.59 Å². The standard InChI is InChI=1S/C26H34N6O2/c1-16-10-18(3)25-21(11-16)17(2)12-22(27-25)32-23(13-19(4)29-32)28-26(34)20-14-24(33)31(15-20)9-7-8-30(5)6/h10-13,20H,7-9,14-15H2,1-6H3,(H,28,34). The van der Waals surface area contributed by atoms with Crippen molar-refractivity contribution in [2.45, 2.75) is 40.5 Å². The van der Waals surface area contributed by atoms with Crippen LogP contribution in [0.15, 0.2) is 24.3 Å². The van der Waals surface area contributed by atoms with E-state index in [9.17, 15) is 9.59 Å². The summed E-state index contributed by atoms with van der Waals surface area (Å²) in [6.07, 6.45) is 1.14. The molecule has 3 heterocycles. The van der Waals surface area contributed by atoms with E-state index >= 15 is 0 Å². The van der Waals surface area contributed by atoms with Gasteiger partial charge in [0.05, 0.1) is 17.1 Å². The summed E-state index contributed by atoms with van der Waals surface area (Å²) in [6, 6.07) is 8.10. The SMILES string of the molecule is Cc1cc(C)c2nc(-n3nc(C)cc3NC(=O)C3CC(=O)N(CCCN(C)C)C3)cc(C)c2c1. The van der Waals surface area contributed by atoms with Crippen LogP contribution in [0.3, 0.4) is 0 Å². The molecule has 1 fully saturated rings. The minimum Gasteiger partial charge on any atom is -0.342 e. The lowest BCUT2D eigenvalue weighted by molar-refractivity contribution is -0.128. The molecular weight excluding hydrogens is 428 g/mol. The van der Waals surface area contributed by atoms with Crippen molar-refractivity contribution in [3.05, 3.63) is 46.6 Å². The smallest absolute Gasteiger partial charge is 0.230 e. The van der Waals surface area contributed by atoms with Crippen molar-refractivity contribution in [3.63, 3.8) is 0 Å². The highest BCUT2D eigenvalue weighted by Crippen LogP contribution is 2.27. The van der Waals surface area contributed by atoms with Crippen LogP contribution >= 0.6 is 0 Å². The summed E-state index contributed by atoms with van der Waals surface area (Å²) in [7, 11) is 4.03. The van der Waals surface area contributed by atoms with E-state index in [2.05, 4.69) is 48.2 Å². The number of likely N-dealkylation sites (tertiary alicyclic amines) is 1. The first-order valence-electron chi connectivity index (χ1n) is 11.8. The molecule has 1 atom stereocenters. The minimum atomic E-state index is -0.368. The van der Waals surface area contributed by atoms with Gasteiger partial charge in [0.25, 0.3) is 0 Å². The van der Waals surface area contributed by atoms with Crippen LogP contribution < -0.4 is 5.32 Å². The number of carbonyl (C=O) groups is 2. The third kappa shape index (κ3) is 4.97. The molecular formula is C26H34N6O2. The normalized spacial score (nSPS) is 16.1. The lowest BCUT2D eigenvalue weighted by atomic mass is 10.0. The summed E-state index contributed by atoms with van der Waals surface area (Å²) >= 11 is 0. The van der Waals surface area contributed by atoms with Gasteiger partial charge < -0.3 is 15.1 Å². The molecule has 2 amide bonds. The third-order valence-electron chi connectivity index (χ3n) is 6.36. The molecule has 0 aliphatic carbocycles.